The quantitative estimate of drug-likeness (QED) is 0.152. The SMILES string of the molecule is C=C(/C(C)=C1\C(=C(/C)c2ccccc2)CC2C=CC=CC12)c1cccc(-c2cccc(-c3cccc(/C(C)=C4\Cc5ccccc5C4=C)c3)c2)c1.C=C(C)c1ccccc1. The minimum absolute atomic E-state index is 0.373. The standard InChI is InChI=1S/C51H44.C9H10/c1-33(34(2)51-48-27-12-10-19-46(48)32-50(51)35(3)38-16-7-6-8-17-38)39-20-13-22-41(28-39)43-24-15-25-44(30-43)42-23-14-21-40(29-42)36(4)49-31-45-18-9-11-26-47(45)37(49)5;1-8(2)9-6-4-3-5-7-9/h6-30,46,48H,1,5,31-32H2,2-4H3;3-7H,1H2,2H3/b49-36+,50-35+,51-34-;. The van der Waals surface area contributed by atoms with Crippen molar-refractivity contribution in [1.82, 2.24) is 0 Å². The molecular formula is C60H54. The molecule has 6 aromatic rings. The average Bonchev–Trinajstić information content (AvgIpc) is 3.86. The first-order valence-corrected chi connectivity index (χ1v) is 21.2. The molecule has 3 aliphatic carbocycles. The van der Waals surface area contributed by atoms with Crippen molar-refractivity contribution < 1.29 is 0 Å². The Kier molecular flexibility index (Phi) is 11.8. The average molecular weight is 775 g/mol. The largest absolute Gasteiger partial charge is 0.0955 e. The topological polar surface area (TPSA) is 0 Å². The van der Waals surface area contributed by atoms with E-state index in [1.165, 1.54) is 89.1 Å². The van der Waals surface area contributed by atoms with E-state index in [9.17, 15) is 0 Å². The molecule has 2 atom stereocenters. The molecule has 0 bridgehead atoms. The van der Waals surface area contributed by atoms with Gasteiger partial charge in [0.05, 0.1) is 0 Å². The zero-order valence-electron chi connectivity index (χ0n) is 35.5. The highest BCUT2D eigenvalue weighted by Gasteiger charge is 2.35. The Morgan fingerprint density at radius 2 is 1.02 bits per heavy atom. The van der Waals surface area contributed by atoms with E-state index < -0.39 is 0 Å². The molecule has 0 aliphatic heterocycles. The minimum atomic E-state index is 0.373. The summed E-state index contributed by atoms with van der Waals surface area (Å²) < 4.78 is 0. The Labute approximate surface area is 358 Å². The Morgan fingerprint density at radius 1 is 0.500 bits per heavy atom. The molecule has 3 aliphatic rings. The molecular weight excluding hydrogens is 721 g/mol. The summed E-state index contributed by atoms with van der Waals surface area (Å²) >= 11 is 0. The van der Waals surface area contributed by atoms with Crippen LogP contribution in [0.15, 0.2) is 224 Å². The molecule has 1 saturated carbocycles. The predicted molar refractivity (Wildman–Crippen MR) is 261 cm³/mol. The number of allylic oxidation sites excluding steroid dienone is 13. The maximum atomic E-state index is 4.72. The lowest BCUT2D eigenvalue weighted by atomic mass is 9.84. The van der Waals surface area contributed by atoms with Gasteiger partial charge in [-0.3, -0.25) is 0 Å². The van der Waals surface area contributed by atoms with Gasteiger partial charge in [0, 0.05) is 5.92 Å². The molecule has 294 valence electrons. The van der Waals surface area contributed by atoms with E-state index in [0.717, 1.165) is 29.6 Å². The van der Waals surface area contributed by atoms with Crippen molar-refractivity contribution in [2.45, 2.75) is 40.5 Å². The summed E-state index contributed by atoms with van der Waals surface area (Å²) in [5.41, 5.74) is 24.0. The van der Waals surface area contributed by atoms with Gasteiger partial charge in [-0.05, 0) is 165 Å². The number of hydrogen-bond acceptors (Lipinski definition) is 0. The lowest BCUT2D eigenvalue weighted by molar-refractivity contribution is 0.596. The van der Waals surface area contributed by atoms with Crippen molar-refractivity contribution in [2.24, 2.45) is 11.8 Å². The molecule has 0 spiro atoms. The normalized spacial score (nSPS) is 18.8. The van der Waals surface area contributed by atoms with Crippen LogP contribution in [0.2, 0.25) is 0 Å². The van der Waals surface area contributed by atoms with E-state index in [-0.39, 0.29) is 0 Å². The minimum Gasteiger partial charge on any atom is -0.0955 e. The van der Waals surface area contributed by atoms with Gasteiger partial charge in [-0.1, -0.05) is 189 Å². The van der Waals surface area contributed by atoms with Crippen LogP contribution >= 0.6 is 0 Å². The van der Waals surface area contributed by atoms with E-state index in [2.05, 4.69) is 198 Å². The summed E-state index contributed by atoms with van der Waals surface area (Å²) in [6, 6.07) is 56.5. The van der Waals surface area contributed by atoms with Crippen LogP contribution in [0.25, 0.3) is 50.1 Å². The van der Waals surface area contributed by atoms with Crippen LogP contribution in [0.5, 0.6) is 0 Å². The second kappa shape index (κ2) is 17.6. The van der Waals surface area contributed by atoms with Gasteiger partial charge in [0.25, 0.3) is 0 Å². The number of rotatable bonds is 7. The van der Waals surface area contributed by atoms with Crippen LogP contribution in [0, 0.1) is 11.8 Å². The Hall–Kier alpha value is -6.76. The van der Waals surface area contributed by atoms with Crippen LogP contribution in [0.3, 0.4) is 0 Å². The van der Waals surface area contributed by atoms with Crippen LogP contribution in [0.4, 0.5) is 0 Å². The lowest BCUT2D eigenvalue weighted by Gasteiger charge is -2.20. The van der Waals surface area contributed by atoms with Crippen molar-refractivity contribution in [3.8, 4) is 22.3 Å². The van der Waals surface area contributed by atoms with Gasteiger partial charge >= 0.3 is 0 Å². The number of benzene rings is 6. The molecule has 0 radical (unpaired) electrons. The number of hydrogen-bond donors (Lipinski definition) is 0. The molecule has 60 heavy (non-hydrogen) atoms. The summed E-state index contributed by atoms with van der Waals surface area (Å²) in [7, 11) is 0. The maximum absolute atomic E-state index is 4.72. The van der Waals surface area contributed by atoms with Crippen molar-refractivity contribution in [3.63, 3.8) is 0 Å². The molecule has 0 nitrogen and oxygen atoms in total. The predicted octanol–water partition coefficient (Wildman–Crippen LogP) is 16.3. The summed E-state index contributed by atoms with van der Waals surface area (Å²) in [4.78, 5) is 0. The molecule has 2 unspecified atom stereocenters. The first-order chi connectivity index (χ1) is 29.2. The number of fused-ring (bicyclic) bond motifs is 2. The second-order valence-corrected chi connectivity index (χ2v) is 16.5. The molecule has 0 amide bonds. The van der Waals surface area contributed by atoms with E-state index >= 15 is 0 Å². The first-order valence-electron chi connectivity index (χ1n) is 21.2. The van der Waals surface area contributed by atoms with E-state index in [0.29, 0.717) is 11.8 Å². The van der Waals surface area contributed by atoms with Gasteiger partial charge in [0.15, 0.2) is 0 Å². The van der Waals surface area contributed by atoms with Crippen molar-refractivity contribution in [1.29, 1.82) is 0 Å². The molecule has 0 aromatic heterocycles. The van der Waals surface area contributed by atoms with Crippen molar-refractivity contribution in [2.75, 3.05) is 0 Å². The fourth-order valence-electron chi connectivity index (χ4n) is 9.16. The van der Waals surface area contributed by atoms with Gasteiger partial charge < -0.3 is 0 Å². The molecule has 6 aromatic carbocycles. The van der Waals surface area contributed by atoms with Gasteiger partial charge in [-0.2, -0.15) is 0 Å². The van der Waals surface area contributed by atoms with Crippen LogP contribution in [0.1, 0.15) is 67.5 Å². The van der Waals surface area contributed by atoms with Crippen molar-refractivity contribution >= 4 is 27.9 Å². The van der Waals surface area contributed by atoms with Crippen LogP contribution < -0.4 is 0 Å². The zero-order valence-corrected chi connectivity index (χ0v) is 35.5. The monoisotopic (exact) mass is 774 g/mol. The summed E-state index contributed by atoms with van der Waals surface area (Å²) in [6.45, 7) is 21.8. The summed E-state index contributed by atoms with van der Waals surface area (Å²) in [5.74, 6) is 0.861. The van der Waals surface area contributed by atoms with Gasteiger partial charge in [-0.25, -0.2) is 0 Å². The fourth-order valence-corrected chi connectivity index (χ4v) is 9.16. The van der Waals surface area contributed by atoms with E-state index in [4.69, 9.17) is 6.58 Å². The van der Waals surface area contributed by atoms with Gasteiger partial charge in [0.1, 0.15) is 0 Å². The Morgan fingerprint density at radius 3 is 1.65 bits per heavy atom. The second-order valence-electron chi connectivity index (χ2n) is 16.5. The Bertz CT molecular complexity index is 2770. The van der Waals surface area contributed by atoms with Crippen LogP contribution in [-0.2, 0) is 6.42 Å². The van der Waals surface area contributed by atoms with Crippen molar-refractivity contribution in [3.05, 3.63) is 257 Å². The third kappa shape index (κ3) is 8.25. The highest BCUT2D eigenvalue weighted by molar-refractivity contribution is 5.93. The lowest BCUT2D eigenvalue weighted by Crippen LogP contribution is -2.07. The fraction of sp³-hybridized carbons (Fsp3) is 0.133. The zero-order chi connectivity index (χ0) is 41.8. The maximum Gasteiger partial charge on any atom is 0.00928 e. The summed E-state index contributed by atoms with van der Waals surface area (Å²) in [6.07, 6.45) is 11.2. The van der Waals surface area contributed by atoms with Crippen LogP contribution in [-0.4, -0.2) is 0 Å². The molecule has 0 N–H and O–H groups in total. The van der Waals surface area contributed by atoms with E-state index in [1.54, 1.807) is 0 Å². The molecule has 0 saturated heterocycles. The van der Waals surface area contributed by atoms with Gasteiger partial charge in [-0.15, -0.1) is 0 Å². The molecule has 9 rings (SSSR count). The highest BCUT2D eigenvalue weighted by atomic mass is 14.4. The molecule has 1 fully saturated rings. The third-order valence-electron chi connectivity index (χ3n) is 12.7. The van der Waals surface area contributed by atoms with E-state index in [1.807, 2.05) is 25.1 Å². The highest BCUT2D eigenvalue weighted by Crippen LogP contribution is 2.50. The third-order valence-corrected chi connectivity index (χ3v) is 12.7. The first kappa shape index (κ1) is 40.0. The van der Waals surface area contributed by atoms with Gasteiger partial charge in [0.2, 0.25) is 0 Å². The summed E-state index contributed by atoms with van der Waals surface area (Å²) in [5, 5.41) is 0. The Balaban J connectivity index is 0.000000493. The molecule has 0 heteroatoms. The smallest absolute Gasteiger partial charge is 0.00928 e. The molecule has 0 heterocycles.